The quantitative estimate of drug-likeness (QED) is 0.577. The number of hydrogen-bond donors (Lipinski definition) is 2. The second-order valence-corrected chi connectivity index (χ2v) is 8.27. The maximum atomic E-state index is 12.9. The minimum atomic E-state index is -3.66. The van der Waals surface area contributed by atoms with Gasteiger partial charge in [-0.05, 0) is 59.7 Å². The van der Waals surface area contributed by atoms with Gasteiger partial charge in [0.1, 0.15) is 11.6 Å². The van der Waals surface area contributed by atoms with Crippen molar-refractivity contribution in [1.29, 1.82) is 0 Å². The summed E-state index contributed by atoms with van der Waals surface area (Å²) in [4.78, 5) is 12.4. The van der Waals surface area contributed by atoms with Crippen molar-refractivity contribution in [1.82, 2.24) is 10.0 Å². The van der Waals surface area contributed by atoms with Gasteiger partial charge in [-0.1, -0.05) is 24.3 Å². The highest BCUT2D eigenvalue weighted by molar-refractivity contribution is 7.89. The van der Waals surface area contributed by atoms with Gasteiger partial charge in [-0.25, -0.2) is 17.5 Å². The zero-order valence-electron chi connectivity index (χ0n) is 16.3. The van der Waals surface area contributed by atoms with Crippen molar-refractivity contribution in [2.75, 3.05) is 7.11 Å². The molecular weight excluding hydrogens is 407 g/mol. The fourth-order valence-electron chi connectivity index (χ4n) is 2.68. The summed E-state index contributed by atoms with van der Waals surface area (Å²) >= 11 is 0. The van der Waals surface area contributed by atoms with Gasteiger partial charge in [0.2, 0.25) is 10.0 Å². The third kappa shape index (κ3) is 5.65. The average Bonchev–Trinajstić information content (AvgIpc) is 2.77. The van der Waals surface area contributed by atoms with E-state index >= 15 is 0 Å². The maximum Gasteiger partial charge on any atom is 0.251 e. The van der Waals surface area contributed by atoms with Crippen LogP contribution in [0.25, 0.3) is 0 Å². The minimum absolute atomic E-state index is 0.0891. The van der Waals surface area contributed by atoms with Crippen molar-refractivity contribution in [3.8, 4) is 5.75 Å². The van der Waals surface area contributed by atoms with E-state index in [2.05, 4.69) is 10.0 Å². The Labute approximate surface area is 174 Å². The zero-order chi connectivity index (χ0) is 21.6. The molecule has 30 heavy (non-hydrogen) atoms. The molecule has 0 unspecified atom stereocenters. The molecule has 6 nitrogen and oxygen atoms in total. The number of hydrogen-bond acceptors (Lipinski definition) is 4. The van der Waals surface area contributed by atoms with E-state index in [0.29, 0.717) is 16.9 Å². The van der Waals surface area contributed by atoms with Crippen LogP contribution in [0, 0.1) is 5.82 Å². The SMILES string of the molecule is COc1ccc(S(=O)(=O)NCc2ccc(C(=O)NCc3ccc(F)cc3)cc2)cc1. The number of amides is 1. The Hall–Kier alpha value is -3.23. The molecule has 3 rings (SSSR count). The molecule has 0 spiro atoms. The molecular formula is C22H21FN2O4S. The number of benzene rings is 3. The Morgan fingerprint density at radius 1 is 0.867 bits per heavy atom. The Balaban J connectivity index is 1.55. The number of ether oxygens (including phenoxy) is 1. The molecule has 0 aliphatic carbocycles. The van der Waals surface area contributed by atoms with Crippen LogP contribution in [0.1, 0.15) is 21.5 Å². The predicted octanol–water partition coefficient (Wildman–Crippen LogP) is 3.24. The summed E-state index contributed by atoms with van der Waals surface area (Å²) < 4.78 is 45.2. The lowest BCUT2D eigenvalue weighted by Crippen LogP contribution is -2.24. The van der Waals surface area contributed by atoms with Crippen LogP contribution in [0.2, 0.25) is 0 Å². The first-order valence-electron chi connectivity index (χ1n) is 9.13. The third-order valence-electron chi connectivity index (χ3n) is 4.42. The molecule has 0 aromatic heterocycles. The highest BCUT2D eigenvalue weighted by atomic mass is 32.2. The third-order valence-corrected chi connectivity index (χ3v) is 5.84. The topological polar surface area (TPSA) is 84.5 Å². The monoisotopic (exact) mass is 428 g/mol. The number of carbonyl (C=O) groups excluding carboxylic acids is 1. The van der Waals surface area contributed by atoms with Gasteiger partial charge in [-0.3, -0.25) is 4.79 Å². The molecule has 2 N–H and O–H groups in total. The van der Waals surface area contributed by atoms with Crippen molar-refractivity contribution in [2.45, 2.75) is 18.0 Å². The minimum Gasteiger partial charge on any atom is -0.497 e. The van der Waals surface area contributed by atoms with Crippen molar-refractivity contribution in [2.24, 2.45) is 0 Å². The first-order valence-corrected chi connectivity index (χ1v) is 10.6. The number of methoxy groups -OCH3 is 1. The van der Waals surface area contributed by atoms with Gasteiger partial charge < -0.3 is 10.1 Å². The van der Waals surface area contributed by atoms with E-state index in [0.717, 1.165) is 5.56 Å². The molecule has 0 bridgehead atoms. The molecule has 8 heteroatoms. The molecule has 0 radical (unpaired) electrons. The lowest BCUT2D eigenvalue weighted by atomic mass is 10.1. The van der Waals surface area contributed by atoms with Crippen LogP contribution in [-0.4, -0.2) is 21.4 Å². The van der Waals surface area contributed by atoms with Crippen LogP contribution in [-0.2, 0) is 23.1 Å². The average molecular weight is 428 g/mol. The Morgan fingerprint density at radius 2 is 1.43 bits per heavy atom. The summed E-state index contributed by atoms with van der Waals surface area (Å²) in [5, 5.41) is 2.76. The number of rotatable bonds is 8. The lowest BCUT2D eigenvalue weighted by Gasteiger charge is -2.09. The largest absolute Gasteiger partial charge is 0.497 e. The second-order valence-electron chi connectivity index (χ2n) is 6.51. The van der Waals surface area contributed by atoms with E-state index in [1.54, 1.807) is 48.5 Å². The normalized spacial score (nSPS) is 11.1. The van der Waals surface area contributed by atoms with Gasteiger partial charge in [0.05, 0.1) is 12.0 Å². The van der Waals surface area contributed by atoms with Gasteiger partial charge in [0.15, 0.2) is 0 Å². The fourth-order valence-corrected chi connectivity index (χ4v) is 3.69. The summed E-state index contributed by atoms with van der Waals surface area (Å²) in [6.07, 6.45) is 0. The van der Waals surface area contributed by atoms with Gasteiger partial charge in [0.25, 0.3) is 5.91 Å². The summed E-state index contributed by atoms with van der Waals surface area (Å²) in [7, 11) is -2.16. The van der Waals surface area contributed by atoms with E-state index in [9.17, 15) is 17.6 Å². The molecule has 3 aromatic rings. The van der Waals surface area contributed by atoms with Crippen LogP contribution in [0.3, 0.4) is 0 Å². The van der Waals surface area contributed by atoms with E-state index < -0.39 is 10.0 Å². The molecule has 156 valence electrons. The van der Waals surface area contributed by atoms with Crippen LogP contribution in [0.4, 0.5) is 4.39 Å². The molecule has 0 aliphatic heterocycles. The van der Waals surface area contributed by atoms with E-state index in [1.165, 1.54) is 31.4 Å². The van der Waals surface area contributed by atoms with Crippen molar-refractivity contribution < 1.29 is 22.3 Å². The smallest absolute Gasteiger partial charge is 0.251 e. The van der Waals surface area contributed by atoms with E-state index in [1.807, 2.05) is 0 Å². The summed E-state index contributed by atoms with van der Waals surface area (Å²) in [6, 6.07) is 18.6. The van der Waals surface area contributed by atoms with Crippen LogP contribution in [0.5, 0.6) is 5.75 Å². The van der Waals surface area contributed by atoms with Crippen LogP contribution >= 0.6 is 0 Å². The van der Waals surface area contributed by atoms with Crippen molar-refractivity contribution in [3.63, 3.8) is 0 Å². The summed E-state index contributed by atoms with van der Waals surface area (Å²) in [6.45, 7) is 0.369. The standard InChI is InChI=1S/C22H21FN2O4S/c1-29-20-10-12-21(13-11-20)30(27,28)25-15-17-2-6-18(7-3-17)22(26)24-14-16-4-8-19(23)9-5-16/h2-13,25H,14-15H2,1H3,(H,24,26). The lowest BCUT2D eigenvalue weighted by molar-refractivity contribution is 0.0951. The molecule has 0 heterocycles. The Kier molecular flexibility index (Phi) is 6.81. The molecule has 1 amide bonds. The van der Waals surface area contributed by atoms with Crippen molar-refractivity contribution in [3.05, 3.63) is 95.3 Å². The van der Waals surface area contributed by atoms with Gasteiger partial charge in [-0.15, -0.1) is 0 Å². The number of halogens is 1. The highest BCUT2D eigenvalue weighted by Gasteiger charge is 2.14. The molecule has 0 fully saturated rings. The zero-order valence-corrected chi connectivity index (χ0v) is 17.1. The predicted molar refractivity (Wildman–Crippen MR) is 111 cm³/mol. The van der Waals surface area contributed by atoms with Crippen molar-refractivity contribution >= 4 is 15.9 Å². The maximum absolute atomic E-state index is 12.9. The van der Waals surface area contributed by atoms with Crippen LogP contribution < -0.4 is 14.8 Å². The molecule has 0 saturated carbocycles. The molecule has 3 aromatic carbocycles. The van der Waals surface area contributed by atoms with Gasteiger partial charge in [0, 0.05) is 18.7 Å². The summed E-state index contributed by atoms with van der Waals surface area (Å²) in [5.74, 6) is -0.0322. The van der Waals surface area contributed by atoms with Gasteiger partial charge >= 0.3 is 0 Å². The number of carbonyl (C=O) groups is 1. The Bertz CT molecular complexity index is 1100. The molecule has 0 atom stereocenters. The summed E-state index contributed by atoms with van der Waals surface area (Å²) in [5.41, 5.74) is 1.94. The first-order chi connectivity index (χ1) is 14.4. The fraction of sp³-hybridized carbons (Fsp3) is 0.136. The highest BCUT2D eigenvalue weighted by Crippen LogP contribution is 2.16. The van der Waals surface area contributed by atoms with E-state index in [-0.39, 0.29) is 29.7 Å². The second kappa shape index (κ2) is 9.51. The molecule has 0 saturated heterocycles. The van der Waals surface area contributed by atoms with Crippen LogP contribution in [0.15, 0.2) is 77.7 Å². The number of sulfonamides is 1. The molecule has 0 aliphatic rings. The van der Waals surface area contributed by atoms with Gasteiger partial charge in [-0.2, -0.15) is 0 Å². The Morgan fingerprint density at radius 3 is 2.03 bits per heavy atom. The number of nitrogens with one attached hydrogen (secondary N) is 2. The van der Waals surface area contributed by atoms with E-state index in [4.69, 9.17) is 4.74 Å². The first kappa shape index (κ1) is 21.5.